The van der Waals surface area contributed by atoms with Crippen LogP contribution in [0.2, 0.25) is 0 Å². The third-order valence-electron chi connectivity index (χ3n) is 3.88. The van der Waals surface area contributed by atoms with E-state index in [-0.39, 0.29) is 10.3 Å². The van der Waals surface area contributed by atoms with Gasteiger partial charge in [-0.25, -0.2) is 12.4 Å². The molecule has 1 aromatic heterocycles. The molecular formula is C16H12F3N3O5S. The lowest BCUT2D eigenvalue weighted by molar-refractivity contribution is -0.383. The molecule has 0 saturated heterocycles. The number of hydrogen-bond acceptors (Lipinski definition) is 6. The first-order valence-electron chi connectivity index (χ1n) is 7.57. The lowest BCUT2D eigenvalue weighted by Crippen LogP contribution is -2.20. The standard InChI is InChI=1S/C16H12F3N3O5S/c1-27-10-2-4-11(5-3-10)28(25,26)21-9-8-12-13(20-16(17,18)19)6-7-14(15(12)21)22(23)24/h2-9,20H,1H3. The van der Waals surface area contributed by atoms with Crippen molar-refractivity contribution in [3.05, 3.63) is 58.8 Å². The monoisotopic (exact) mass is 415 g/mol. The Kier molecular flexibility index (Phi) is 4.67. The van der Waals surface area contributed by atoms with Crippen LogP contribution in [0, 0.1) is 10.1 Å². The van der Waals surface area contributed by atoms with Crippen molar-refractivity contribution in [2.24, 2.45) is 0 Å². The first kappa shape index (κ1) is 19.5. The average molecular weight is 415 g/mol. The molecule has 2 aromatic carbocycles. The van der Waals surface area contributed by atoms with Gasteiger partial charge < -0.3 is 4.74 Å². The molecule has 0 aliphatic heterocycles. The number of ether oxygens (including phenoxy) is 1. The fraction of sp³-hybridized carbons (Fsp3) is 0.125. The van der Waals surface area contributed by atoms with Gasteiger partial charge in [-0.15, -0.1) is 0 Å². The largest absolute Gasteiger partial charge is 0.497 e. The molecule has 8 nitrogen and oxygen atoms in total. The Balaban J connectivity index is 2.26. The Hall–Kier alpha value is -3.28. The summed E-state index contributed by atoms with van der Waals surface area (Å²) in [5, 5.41) is 12.3. The van der Waals surface area contributed by atoms with Gasteiger partial charge >= 0.3 is 6.30 Å². The van der Waals surface area contributed by atoms with Crippen LogP contribution >= 0.6 is 0 Å². The van der Waals surface area contributed by atoms with E-state index in [1.165, 1.54) is 36.7 Å². The highest BCUT2D eigenvalue weighted by Gasteiger charge is 2.31. The molecular weight excluding hydrogens is 403 g/mol. The number of methoxy groups -OCH3 is 1. The van der Waals surface area contributed by atoms with Crippen LogP contribution in [0.5, 0.6) is 5.75 Å². The van der Waals surface area contributed by atoms with Crippen LogP contribution in [0.25, 0.3) is 10.9 Å². The van der Waals surface area contributed by atoms with Gasteiger partial charge in [0.05, 0.1) is 22.6 Å². The maximum atomic E-state index is 12.9. The van der Waals surface area contributed by atoms with Crippen LogP contribution in [0.4, 0.5) is 24.5 Å². The van der Waals surface area contributed by atoms with Crippen LogP contribution in [0.3, 0.4) is 0 Å². The molecule has 0 saturated carbocycles. The highest BCUT2D eigenvalue weighted by molar-refractivity contribution is 7.90. The minimum Gasteiger partial charge on any atom is -0.497 e. The number of benzene rings is 2. The zero-order valence-corrected chi connectivity index (χ0v) is 14.9. The van der Waals surface area contributed by atoms with Gasteiger partial charge in [0.1, 0.15) is 11.3 Å². The molecule has 148 valence electrons. The van der Waals surface area contributed by atoms with Crippen molar-refractivity contribution in [2.75, 3.05) is 12.4 Å². The number of nitro groups is 1. The van der Waals surface area contributed by atoms with Crippen LogP contribution in [0.1, 0.15) is 0 Å². The van der Waals surface area contributed by atoms with Gasteiger partial charge in [0.2, 0.25) is 0 Å². The number of alkyl halides is 3. The first-order valence-corrected chi connectivity index (χ1v) is 9.01. The Morgan fingerprint density at radius 2 is 1.75 bits per heavy atom. The number of rotatable bonds is 5. The average Bonchev–Trinajstić information content (AvgIpc) is 3.07. The van der Waals surface area contributed by atoms with Crippen LogP contribution in [0.15, 0.2) is 53.6 Å². The number of nitro benzene ring substituents is 1. The SMILES string of the molecule is COc1ccc(S(=O)(=O)n2ccc3c(NC(F)(F)F)ccc([N+](=O)[O-])c32)cc1. The molecule has 0 fully saturated rings. The van der Waals surface area contributed by atoms with E-state index in [0.29, 0.717) is 9.72 Å². The summed E-state index contributed by atoms with van der Waals surface area (Å²) in [6, 6.07) is 7.97. The van der Waals surface area contributed by atoms with Crippen molar-refractivity contribution in [1.82, 2.24) is 3.97 Å². The summed E-state index contributed by atoms with van der Waals surface area (Å²) < 4.78 is 69.6. The number of aromatic nitrogens is 1. The van der Waals surface area contributed by atoms with Crippen molar-refractivity contribution in [1.29, 1.82) is 0 Å². The normalized spacial score (nSPS) is 12.1. The van der Waals surface area contributed by atoms with Gasteiger partial charge in [0.15, 0.2) is 0 Å². The Labute approximate surface area is 156 Å². The van der Waals surface area contributed by atoms with Crippen LogP contribution in [-0.2, 0) is 10.0 Å². The number of hydrogen-bond donors (Lipinski definition) is 1. The summed E-state index contributed by atoms with van der Waals surface area (Å²) in [6.45, 7) is 0. The summed E-state index contributed by atoms with van der Waals surface area (Å²) in [6.07, 6.45) is -3.83. The molecule has 1 heterocycles. The van der Waals surface area contributed by atoms with Crippen molar-refractivity contribution >= 4 is 32.3 Å². The van der Waals surface area contributed by atoms with E-state index in [2.05, 4.69) is 0 Å². The number of halogens is 3. The van der Waals surface area contributed by atoms with Crippen molar-refractivity contribution in [3.63, 3.8) is 0 Å². The number of fused-ring (bicyclic) bond motifs is 1. The molecule has 3 aromatic rings. The number of non-ortho nitro benzene ring substituents is 1. The van der Waals surface area contributed by atoms with E-state index in [0.717, 1.165) is 24.4 Å². The molecule has 0 bridgehead atoms. The van der Waals surface area contributed by atoms with Gasteiger partial charge in [-0.2, -0.15) is 13.2 Å². The zero-order chi connectivity index (χ0) is 20.7. The van der Waals surface area contributed by atoms with Gasteiger partial charge in [-0.3, -0.25) is 15.4 Å². The smallest absolute Gasteiger partial charge is 0.482 e. The van der Waals surface area contributed by atoms with Crippen molar-refractivity contribution in [2.45, 2.75) is 11.2 Å². The second kappa shape index (κ2) is 6.71. The van der Waals surface area contributed by atoms with Gasteiger partial charge in [0, 0.05) is 17.6 Å². The second-order valence-corrected chi connectivity index (χ2v) is 7.38. The number of nitrogens with zero attached hydrogens (tertiary/aromatic N) is 2. The summed E-state index contributed by atoms with van der Waals surface area (Å²) in [4.78, 5) is 10.3. The maximum Gasteiger partial charge on any atom is 0.482 e. The molecule has 0 amide bonds. The highest BCUT2D eigenvalue weighted by Crippen LogP contribution is 2.36. The minimum absolute atomic E-state index is 0.214. The Bertz CT molecular complexity index is 1150. The van der Waals surface area contributed by atoms with E-state index in [1.54, 1.807) is 0 Å². The van der Waals surface area contributed by atoms with Gasteiger partial charge in [-0.1, -0.05) is 0 Å². The fourth-order valence-electron chi connectivity index (χ4n) is 2.68. The second-order valence-electron chi connectivity index (χ2n) is 5.57. The van der Waals surface area contributed by atoms with E-state index >= 15 is 0 Å². The summed E-state index contributed by atoms with van der Waals surface area (Å²) in [7, 11) is -2.93. The quantitative estimate of drug-likeness (QED) is 0.387. The van der Waals surface area contributed by atoms with Crippen molar-refractivity contribution in [3.8, 4) is 5.75 Å². The van der Waals surface area contributed by atoms with Gasteiger partial charge in [-0.05, 0) is 36.4 Å². The Morgan fingerprint density at radius 1 is 1.11 bits per heavy atom. The first-order chi connectivity index (χ1) is 13.0. The predicted octanol–water partition coefficient (Wildman–Crippen LogP) is 3.73. The summed E-state index contributed by atoms with van der Waals surface area (Å²) >= 11 is 0. The summed E-state index contributed by atoms with van der Waals surface area (Å²) in [5.41, 5.74) is -1.63. The van der Waals surface area contributed by atoms with E-state index in [9.17, 15) is 31.7 Å². The molecule has 28 heavy (non-hydrogen) atoms. The molecule has 3 rings (SSSR count). The number of anilines is 1. The molecule has 12 heteroatoms. The maximum absolute atomic E-state index is 12.9. The number of nitrogens with one attached hydrogen (secondary N) is 1. The predicted molar refractivity (Wildman–Crippen MR) is 93.8 cm³/mol. The summed E-state index contributed by atoms with van der Waals surface area (Å²) in [5.74, 6) is 0.388. The fourth-order valence-corrected chi connectivity index (χ4v) is 4.04. The Morgan fingerprint density at radius 3 is 2.29 bits per heavy atom. The molecule has 0 aliphatic rings. The molecule has 0 radical (unpaired) electrons. The van der Waals surface area contributed by atoms with Crippen molar-refractivity contribution < 1.29 is 31.2 Å². The molecule has 0 aliphatic carbocycles. The van der Waals surface area contributed by atoms with E-state index in [1.807, 2.05) is 0 Å². The minimum atomic E-state index is -4.81. The molecule has 0 atom stereocenters. The lowest BCUT2D eigenvalue weighted by Gasteiger charge is -2.12. The third kappa shape index (κ3) is 3.45. The highest BCUT2D eigenvalue weighted by atomic mass is 32.2. The topological polar surface area (TPSA) is 103 Å². The van der Waals surface area contributed by atoms with E-state index < -0.39 is 38.1 Å². The van der Waals surface area contributed by atoms with Crippen LogP contribution < -0.4 is 10.1 Å². The lowest BCUT2D eigenvalue weighted by atomic mass is 10.2. The molecule has 0 spiro atoms. The molecule has 0 unspecified atom stereocenters. The van der Waals surface area contributed by atoms with Crippen LogP contribution in [-0.4, -0.2) is 30.7 Å². The third-order valence-corrected chi connectivity index (χ3v) is 5.57. The molecule has 1 N–H and O–H groups in total. The van der Waals surface area contributed by atoms with E-state index in [4.69, 9.17) is 4.74 Å². The van der Waals surface area contributed by atoms with Gasteiger partial charge in [0.25, 0.3) is 15.7 Å². The zero-order valence-electron chi connectivity index (χ0n) is 14.1.